The molecule has 3 heterocycles. The van der Waals surface area contributed by atoms with Crippen molar-refractivity contribution in [1.82, 2.24) is 19.7 Å². The number of carbonyl (C=O) groups excluding carboxylic acids is 1. The Labute approximate surface area is 186 Å². The number of benzene rings is 2. The Hall–Kier alpha value is -4.00. The molecule has 0 bridgehead atoms. The Morgan fingerprint density at radius 1 is 1.00 bits per heavy atom. The number of anilines is 1. The van der Waals surface area contributed by atoms with Gasteiger partial charge in [0.15, 0.2) is 5.82 Å². The van der Waals surface area contributed by atoms with Gasteiger partial charge >= 0.3 is 0 Å². The summed E-state index contributed by atoms with van der Waals surface area (Å²) < 4.78 is 7.20. The van der Waals surface area contributed by atoms with E-state index in [0.29, 0.717) is 29.4 Å². The molecule has 160 valence electrons. The van der Waals surface area contributed by atoms with Crippen LogP contribution >= 0.6 is 0 Å². The first kappa shape index (κ1) is 19.9. The van der Waals surface area contributed by atoms with Crippen molar-refractivity contribution in [3.63, 3.8) is 0 Å². The Kier molecular flexibility index (Phi) is 4.93. The molecular weight excluding hydrogens is 402 g/mol. The summed E-state index contributed by atoms with van der Waals surface area (Å²) >= 11 is 0. The number of carbonyl (C=O) groups is 1. The van der Waals surface area contributed by atoms with Crippen molar-refractivity contribution in [2.75, 3.05) is 12.0 Å². The molecule has 0 spiro atoms. The van der Waals surface area contributed by atoms with Crippen LogP contribution in [0.4, 0.5) is 5.82 Å². The average Bonchev–Trinajstić information content (AvgIpc) is 3.44. The van der Waals surface area contributed by atoms with E-state index in [-0.39, 0.29) is 11.9 Å². The number of nitrogens with zero attached hydrogens (tertiary/aromatic N) is 5. The molecule has 5 rings (SSSR count). The van der Waals surface area contributed by atoms with Crippen molar-refractivity contribution < 1.29 is 9.53 Å². The highest BCUT2D eigenvalue weighted by molar-refractivity contribution is 6.10. The maximum atomic E-state index is 13.3. The first-order valence-corrected chi connectivity index (χ1v) is 10.5. The van der Waals surface area contributed by atoms with Crippen molar-refractivity contribution in [2.24, 2.45) is 0 Å². The van der Waals surface area contributed by atoms with E-state index >= 15 is 0 Å². The summed E-state index contributed by atoms with van der Waals surface area (Å²) in [6.07, 6.45) is 1.70. The lowest BCUT2D eigenvalue weighted by molar-refractivity contribution is 0.0996. The number of methoxy groups -OCH3 is 1. The molecule has 0 radical (unpaired) electrons. The molecule has 7 nitrogen and oxygen atoms in total. The van der Waals surface area contributed by atoms with Gasteiger partial charge in [-0.3, -0.25) is 9.69 Å². The van der Waals surface area contributed by atoms with Crippen LogP contribution in [0.1, 0.15) is 35.8 Å². The van der Waals surface area contributed by atoms with Gasteiger partial charge in [-0.1, -0.05) is 30.3 Å². The fourth-order valence-electron chi connectivity index (χ4n) is 3.95. The predicted molar refractivity (Wildman–Crippen MR) is 123 cm³/mol. The summed E-state index contributed by atoms with van der Waals surface area (Å²) in [4.78, 5) is 19.7. The van der Waals surface area contributed by atoms with Crippen molar-refractivity contribution in [2.45, 2.75) is 26.4 Å². The SMILES string of the molecule is COc1ccc(-c2ccc3c(c2)C(=O)N(c2cccc(-c4nncn4C(C)C)n2)C3)cc1. The lowest BCUT2D eigenvalue weighted by Crippen LogP contribution is -2.24. The van der Waals surface area contributed by atoms with Gasteiger partial charge in [-0.05, 0) is 60.9 Å². The third kappa shape index (κ3) is 3.41. The number of fused-ring (bicyclic) bond motifs is 1. The van der Waals surface area contributed by atoms with Gasteiger partial charge in [-0.25, -0.2) is 4.98 Å². The molecule has 1 aliphatic heterocycles. The van der Waals surface area contributed by atoms with Crippen molar-refractivity contribution in [3.05, 3.63) is 78.1 Å². The van der Waals surface area contributed by atoms with E-state index in [9.17, 15) is 4.79 Å². The predicted octanol–water partition coefficient (Wildman–Crippen LogP) is 4.76. The maximum absolute atomic E-state index is 13.3. The van der Waals surface area contributed by atoms with Gasteiger partial charge in [0.1, 0.15) is 23.6 Å². The maximum Gasteiger partial charge on any atom is 0.260 e. The smallest absolute Gasteiger partial charge is 0.260 e. The molecule has 0 atom stereocenters. The molecule has 0 fully saturated rings. The van der Waals surface area contributed by atoms with Crippen LogP contribution in [0.25, 0.3) is 22.6 Å². The number of ether oxygens (including phenoxy) is 1. The first-order chi connectivity index (χ1) is 15.5. The van der Waals surface area contributed by atoms with Gasteiger partial charge in [0.25, 0.3) is 5.91 Å². The zero-order valence-corrected chi connectivity index (χ0v) is 18.2. The van der Waals surface area contributed by atoms with E-state index in [1.807, 2.05) is 65.2 Å². The van der Waals surface area contributed by atoms with Crippen LogP contribution in [0, 0.1) is 0 Å². The molecule has 0 unspecified atom stereocenters. The Bertz CT molecular complexity index is 1290. The number of pyridine rings is 1. The normalized spacial score (nSPS) is 13.0. The van der Waals surface area contributed by atoms with Crippen LogP contribution in [0.3, 0.4) is 0 Å². The number of rotatable bonds is 5. The van der Waals surface area contributed by atoms with Crippen LogP contribution < -0.4 is 9.64 Å². The third-order valence-electron chi connectivity index (χ3n) is 5.71. The quantitative estimate of drug-likeness (QED) is 0.461. The van der Waals surface area contributed by atoms with E-state index < -0.39 is 0 Å². The largest absolute Gasteiger partial charge is 0.497 e. The van der Waals surface area contributed by atoms with Gasteiger partial charge in [0.2, 0.25) is 0 Å². The van der Waals surface area contributed by atoms with Gasteiger partial charge in [0, 0.05) is 11.6 Å². The highest BCUT2D eigenvalue weighted by Gasteiger charge is 2.30. The zero-order chi connectivity index (χ0) is 22.2. The van der Waals surface area contributed by atoms with E-state index in [1.54, 1.807) is 18.3 Å². The van der Waals surface area contributed by atoms with Gasteiger partial charge in [-0.15, -0.1) is 10.2 Å². The minimum absolute atomic E-state index is 0.0506. The van der Waals surface area contributed by atoms with Gasteiger partial charge in [-0.2, -0.15) is 0 Å². The van der Waals surface area contributed by atoms with Crippen molar-refractivity contribution in [3.8, 4) is 28.4 Å². The molecule has 32 heavy (non-hydrogen) atoms. The van der Waals surface area contributed by atoms with Crippen LogP contribution in [-0.4, -0.2) is 32.8 Å². The lowest BCUT2D eigenvalue weighted by atomic mass is 10.0. The second kappa shape index (κ2) is 7.92. The summed E-state index contributed by atoms with van der Waals surface area (Å²) in [7, 11) is 1.65. The highest BCUT2D eigenvalue weighted by Crippen LogP contribution is 2.32. The summed E-state index contributed by atoms with van der Waals surface area (Å²) in [5.41, 5.74) is 4.42. The molecular formula is C25H23N5O2. The van der Waals surface area contributed by atoms with E-state index in [4.69, 9.17) is 9.72 Å². The third-order valence-corrected chi connectivity index (χ3v) is 5.71. The number of amides is 1. The molecule has 0 saturated heterocycles. The van der Waals surface area contributed by atoms with Crippen LogP contribution in [-0.2, 0) is 6.54 Å². The zero-order valence-electron chi connectivity index (χ0n) is 18.2. The summed E-state index contributed by atoms with van der Waals surface area (Å²) in [6.45, 7) is 4.62. The van der Waals surface area contributed by atoms with E-state index in [1.165, 1.54) is 0 Å². The monoisotopic (exact) mass is 425 g/mol. The van der Waals surface area contributed by atoms with E-state index in [2.05, 4.69) is 24.0 Å². The molecule has 0 saturated carbocycles. The van der Waals surface area contributed by atoms with Gasteiger partial charge < -0.3 is 9.30 Å². The molecule has 0 aliphatic carbocycles. The fraction of sp³-hybridized carbons (Fsp3) is 0.200. The Morgan fingerprint density at radius 2 is 1.78 bits per heavy atom. The second-order valence-electron chi connectivity index (χ2n) is 8.03. The Morgan fingerprint density at radius 3 is 2.53 bits per heavy atom. The molecule has 0 N–H and O–H groups in total. The minimum Gasteiger partial charge on any atom is -0.497 e. The molecule has 1 aliphatic rings. The highest BCUT2D eigenvalue weighted by atomic mass is 16.5. The number of hydrogen-bond acceptors (Lipinski definition) is 5. The summed E-state index contributed by atoms with van der Waals surface area (Å²) in [5.74, 6) is 2.04. The standard InChI is InChI=1S/C25H23N5O2/c1-16(2)30-15-26-28-24(30)22-5-4-6-23(27-22)29-14-19-8-7-18(13-21(19)25(29)31)17-9-11-20(32-3)12-10-17/h4-13,15-16H,14H2,1-3H3. The summed E-state index contributed by atoms with van der Waals surface area (Å²) in [5, 5.41) is 8.26. The first-order valence-electron chi connectivity index (χ1n) is 10.5. The van der Waals surface area contributed by atoms with Crippen LogP contribution in [0.2, 0.25) is 0 Å². The molecule has 2 aromatic carbocycles. The molecule has 1 amide bonds. The topological polar surface area (TPSA) is 73.1 Å². The molecule has 4 aromatic rings. The van der Waals surface area contributed by atoms with Crippen molar-refractivity contribution in [1.29, 1.82) is 0 Å². The fourth-order valence-corrected chi connectivity index (χ4v) is 3.95. The van der Waals surface area contributed by atoms with E-state index in [0.717, 1.165) is 22.4 Å². The second-order valence-corrected chi connectivity index (χ2v) is 8.03. The van der Waals surface area contributed by atoms with Crippen LogP contribution in [0.5, 0.6) is 5.75 Å². The van der Waals surface area contributed by atoms with Gasteiger partial charge in [0.05, 0.1) is 13.7 Å². The minimum atomic E-state index is -0.0506. The number of aromatic nitrogens is 4. The molecule has 7 heteroatoms. The van der Waals surface area contributed by atoms with Crippen molar-refractivity contribution >= 4 is 11.7 Å². The summed E-state index contributed by atoms with van der Waals surface area (Å²) in [6, 6.07) is 19.7. The Balaban J connectivity index is 1.45. The number of hydrogen-bond donors (Lipinski definition) is 0. The average molecular weight is 425 g/mol. The van der Waals surface area contributed by atoms with Crippen LogP contribution in [0.15, 0.2) is 67.0 Å². The molecule has 2 aromatic heterocycles. The lowest BCUT2D eigenvalue weighted by Gasteiger charge is -2.16.